The van der Waals surface area contributed by atoms with Crippen LogP contribution in [-0.2, 0) is 29.2 Å². The molecule has 0 saturated carbocycles. The monoisotopic (exact) mass is 527 g/mol. The third-order valence-corrected chi connectivity index (χ3v) is 4.74. The number of ether oxygens (including phenoxy) is 1. The molecule has 30 heavy (non-hydrogen) atoms. The van der Waals surface area contributed by atoms with Gasteiger partial charge in [0.15, 0.2) is 5.96 Å². The highest BCUT2D eigenvalue weighted by Gasteiger charge is 2.13. The number of halogens is 1. The van der Waals surface area contributed by atoms with Gasteiger partial charge in [-0.1, -0.05) is 24.3 Å². The molecular formula is C21H30IN5O3. The van der Waals surface area contributed by atoms with Crippen molar-refractivity contribution in [2.45, 2.75) is 19.6 Å². The minimum Gasteiger partial charge on any atom is -0.467 e. The summed E-state index contributed by atoms with van der Waals surface area (Å²) in [5.74, 6) is 1.18. The Morgan fingerprint density at radius 1 is 1.03 bits per heavy atom. The zero-order valence-corrected chi connectivity index (χ0v) is 19.6. The quantitative estimate of drug-likeness (QED) is 0.275. The van der Waals surface area contributed by atoms with E-state index in [1.54, 1.807) is 19.4 Å². The molecule has 1 amide bonds. The van der Waals surface area contributed by atoms with Crippen LogP contribution in [0.4, 0.5) is 0 Å². The lowest BCUT2D eigenvalue weighted by molar-refractivity contribution is -0.120. The summed E-state index contributed by atoms with van der Waals surface area (Å²) in [7, 11) is 1.69. The van der Waals surface area contributed by atoms with Crippen molar-refractivity contribution in [1.82, 2.24) is 20.9 Å². The molecule has 0 spiro atoms. The second-order valence-electron chi connectivity index (χ2n) is 6.79. The Labute approximate surface area is 194 Å². The SMILES string of the molecule is CN=C(NCC(=O)NCc1ccco1)NCc1ccccc1CN1CCOCC1.I. The summed E-state index contributed by atoms with van der Waals surface area (Å²) < 4.78 is 10.6. The number of morpholine rings is 1. The molecule has 3 rings (SSSR count). The molecule has 2 aromatic rings. The van der Waals surface area contributed by atoms with Gasteiger partial charge in [-0.3, -0.25) is 14.7 Å². The fourth-order valence-corrected chi connectivity index (χ4v) is 3.11. The van der Waals surface area contributed by atoms with Gasteiger partial charge in [0.1, 0.15) is 5.76 Å². The van der Waals surface area contributed by atoms with Crippen LogP contribution in [-0.4, -0.2) is 56.7 Å². The topological polar surface area (TPSA) is 91.1 Å². The van der Waals surface area contributed by atoms with Crippen LogP contribution in [0.25, 0.3) is 0 Å². The second-order valence-corrected chi connectivity index (χ2v) is 6.79. The van der Waals surface area contributed by atoms with Crippen molar-refractivity contribution >= 4 is 35.8 Å². The molecule has 1 aromatic carbocycles. The standard InChI is InChI=1S/C21H29N5O3.HI/c1-22-21(25-15-20(27)23-14-19-7-4-10-29-19)24-13-17-5-2-3-6-18(17)16-26-8-11-28-12-9-26;/h2-7,10H,8-9,11-16H2,1H3,(H,23,27)(H2,22,24,25);1H. The molecule has 9 heteroatoms. The highest BCUT2D eigenvalue weighted by molar-refractivity contribution is 14.0. The largest absolute Gasteiger partial charge is 0.467 e. The van der Waals surface area contributed by atoms with Crippen LogP contribution >= 0.6 is 24.0 Å². The zero-order chi connectivity index (χ0) is 20.3. The van der Waals surface area contributed by atoms with Gasteiger partial charge >= 0.3 is 0 Å². The van der Waals surface area contributed by atoms with E-state index in [-0.39, 0.29) is 36.4 Å². The van der Waals surface area contributed by atoms with Gasteiger partial charge in [0.05, 0.1) is 32.6 Å². The summed E-state index contributed by atoms with van der Waals surface area (Å²) in [5.41, 5.74) is 2.50. The van der Waals surface area contributed by atoms with E-state index < -0.39 is 0 Å². The summed E-state index contributed by atoms with van der Waals surface area (Å²) in [6.07, 6.45) is 1.59. The minimum atomic E-state index is -0.128. The number of nitrogens with one attached hydrogen (secondary N) is 3. The van der Waals surface area contributed by atoms with Gasteiger partial charge in [0, 0.05) is 33.2 Å². The average Bonchev–Trinajstić information content (AvgIpc) is 3.28. The average molecular weight is 527 g/mol. The third kappa shape index (κ3) is 7.96. The lowest BCUT2D eigenvalue weighted by Gasteiger charge is -2.27. The highest BCUT2D eigenvalue weighted by atomic mass is 127. The van der Waals surface area contributed by atoms with Crippen LogP contribution in [0.2, 0.25) is 0 Å². The Bertz CT molecular complexity index is 792. The van der Waals surface area contributed by atoms with E-state index in [0.717, 1.165) is 38.6 Å². The van der Waals surface area contributed by atoms with Crippen LogP contribution in [0.1, 0.15) is 16.9 Å². The van der Waals surface area contributed by atoms with E-state index >= 15 is 0 Å². The van der Waals surface area contributed by atoms with Gasteiger partial charge in [0.2, 0.25) is 5.91 Å². The van der Waals surface area contributed by atoms with Gasteiger partial charge in [-0.05, 0) is 23.3 Å². The molecule has 1 aliphatic heterocycles. The summed E-state index contributed by atoms with van der Waals surface area (Å²) in [6, 6.07) is 12.0. The van der Waals surface area contributed by atoms with Gasteiger partial charge in [-0.25, -0.2) is 0 Å². The van der Waals surface area contributed by atoms with Gasteiger partial charge in [0.25, 0.3) is 0 Å². The zero-order valence-electron chi connectivity index (χ0n) is 17.2. The molecule has 3 N–H and O–H groups in total. The lowest BCUT2D eigenvalue weighted by atomic mass is 10.1. The molecule has 0 bridgehead atoms. The van der Waals surface area contributed by atoms with E-state index in [2.05, 4.69) is 44.0 Å². The number of nitrogens with zero attached hydrogens (tertiary/aromatic N) is 2. The van der Waals surface area contributed by atoms with Crippen molar-refractivity contribution in [2.24, 2.45) is 4.99 Å². The number of benzene rings is 1. The van der Waals surface area contributed by atoms with E-state index in [1.165, 1.54) is 11.1 Å². The van der Waals surface area contributed by atoms with Crippen molar-refractivity contribution in [3.63, 3.8) is 0 Å². The maximum atomic E-state index is 12.0. The van der Waals surface area contributed by atoms with Gasteiger partial charge < -0.3 is 25.1 Å². The number of hydrogen-bond donors (Lipinski definition) is 3. The number of carbonyl (C=O) groups excluding carboxylic acids is 1. The maximum absolute atomic E-state index is 12.0. The molecule has 1 aromatic heterocycles. The summed E-state index contributed by atoms with van der Waals surface area (Å²) in [6.45, 7) is 5.54. The van der Waals surface area contributed by atoms with Crippen LogP contribution in [0, 0.1) is 0 Å². The molecule has 1 fully saturated rings. The molecular weight excluding hydrogens is 497 g/mol. The number of aliphatic imine (C=N–C) groups is 1. The molecule has 164 valence electrons. The smallest absolute Gasteiger partial charge is 0.239 e. The van der Waals surface area contributed by atoms with E-state index in [1.807, 2.05) is 12.1 Å². The molecule has 0 aliphatic carbocycles. The normalized spacial score (nSPS) is 14.6. The first-order valence-electron chi connectivity index (χ1n) is 9.85. The number of hydrogen-bond acceptors (Lipinski definition) is 5. The number of guanidine groups is 1. The third-order valence-electron chi connectivity index (χ3n) is 4.74. The Balaban J connectivity index is 0.00000320. The fourth-order valence-electron chi connectivity index (χ4n) is 3.11. The first kappa shape index (κ1) is 24.2. The van der Waals surface area contributed by atoms with E-state index in [0.29, 0.717) is 19.0 Å². The maximum Gasteiger partial charge on any atom is 0.239 e. The highest BCUT2D eigenvalue weighted by Crippen LogP contribution is 2.13. The number of carbonyl (C=O) groups is 1. The summed E-state index contributed by atoms with van der Waals surface area (Å²) in [5, 5.41) is 9.12. The Hall–Kier alpha value is -2.11. The number of rotatable bonds is 8. The minimum absolute atomic E-state index is 0. The molecule has 1 saturated heterocycles. The van der Waals surface area contributed by atoms with E-state index in [4.69, 9.17) is 9.15 Å². The number of amides is 1. The molecule has 8 nitrogen and oxygen atoms in total. The molecule has 0 atom stereocenters. The van der Waals surface area contributed by atoms with Gasteiger partial charge in [-0.15, -0.1) is 24.0 Å². The van der Waals surface area contributed by atoms with Crippen molar-refractivity contribution in [3.05, 3.63) is 59.5 Å². The lowest BCUT2D eigenvalue weighted by Crippen LogP contribution is -2.43. The van der Waals surface area contributed by atoms with Crippen molar-refractivity contribution in [3.8, 4) is 0 Å². The fraction of sp³-hybridized carbons (Fsp3) is 0.429. The number of furan rings is 1. The molecule has 0 radical (unpaired) electrons. The van der Waals surface area contributed by atoms with Crippen molar-refractivity contribution < 1.29 is 13.9 Å². The molecule has 0 unspecified atom stereocenters. The van der Waals surface area contributed by atoms with Crippen LogP contribution in [0.5, 0.6) is 0 Å². The Morgan fingerprint density at radius 3 is 2.50 bits per heavy atom. The second kappa shape index (κ2) is 13.2. The van der Waals surface area contributed by atoms with Crippen molar-refractivity contribution in [1.29, 1.82) is 0 Å². The first-order valence-corrected chi connectivity index (χ1v) is 9.85. The Morgan fingerprint density at radius 2 is 1.80 bits per heavy atom. The first-order chi connectivity index (χ1) is 14.2. The van der Waals surface area contributed by atoms with Crippen LogP contribution in [0.15, 0.2) is 52.1 Å². The summed E-state index contributed by atoms with van der Waals surface area (Å²) in [4.78, 5) is 18.6. The Kier molecular flexibility index (Phi) is 10.7. The predicted octanol–water partition coefficient (Wildman–Crippen LogP) is 1.71. The van der Waals surface area contributed by atoms with Crippen LogP contribution < -0.4 is 16.0 Å². The van der Waals surface area contributed by atoms with E-state index in [9.17, 15) is 4.79 Å². The van der Waals surface area contributed by atoms with Crippen molar-refractivity contribution in [2.75, 3.05) is 39.9 Å². The predicted molar refractivity (Wildman–Crippen MR) is 127 cm³/mol. The van der Waals surface area contributed by atoms with Crippen LogP contribution in [0.3, 0.4) is 0 Å². The molecule has 1 aliphatic rings. The summed E-state index contributed by atoms with van der Waals surface area (Å²) >= 11 is 0. The molecule has 2 heterocycles. The van der Waals surface area contributed by atoms with Gasteiger partial charge in [-0.2, -0.15) is 0 Å².